The number of carbonyl (C=O) groups is 1. The molecule has 1 heterocycles. The van der Waals surface area contributed by atoms with Gasteiger partial charge in [-0.1, -0.05) is 13.8 Å². The van der Waals surface area contributed by atoms with Crippen molar-refractivity contribution in [1.82, 2.24) is 0 Å². The van der Waals surface area contributed by atoms with Crippen LogP contribution in [0.4, 0.5) is 0 Å². The third-order valence-electron chi connectivity index (χ3n) is 5.73. The molecule has 0 unspecified atom stereocenters. The molecule has 0 bridgehead atoms. The fourth-order valence-electron chi connectivity index (χ4n) is 4.05. The van der Waals surface area contributed by atoms with Crippen molar-refractivity contribution in [2.24, 2.45) is 0 Å². The highest BCUT2D eigenvalue weighted by Crippen LogP contribution is 2.60. The molecule has 1 aliphatic carbocycles. The molecular weight excluding hydrogens is 336 g/mol. The second kappa shape index (κ2) is 4.84. The van der Waals surface area contributed by atoms with Crippen LogP contribution in [0.5, 0.6) is 28.7 Å². The Bertz CT molecular complexity index is 1040. The molecule has 3 N–H and O–H groups in total. The van der Waals surface area contributed by atoms with E-state index < -0.39 is 16.9 Å². The van der Waals surface area contributed by atoms with Crippen LogP contribution in [0.1, 0.15) is 49.2 Å². The summed E-state index contributed by atoms with van der Waals surface area (Å²) < 4.78 is 11.2. The van der Waals surface area contributed by atoms with E-state index >= 15 is 0 Å². The molecule has 0 spiro atoms. The van der Waals surface area contributed by atoms with Gasteiger partial charge in [0, 0.05) is 21.9 Å². The van der Waals surface area contributed by atoms with E-state index in [0.717, 1.165) is 0 Å². The Balaban J connectivity index is 2.35. The highest BCUT2D eigenvalue weighted by Gasteiger charge is 2.46. The molecule has 0 radical (unpaired) electrons. The third kappa shape index (κ3) is 1.69. The standard InChI is InChI=1S/C20H20O6/c1-7-6-9(21)11-12-10(7)15(22)14-18(26-8(2)20(14,3)4)13(12)16(23)17(24)19(11)25-5/h6,8,22-24H,1-5H3/t8-/m1/s1. The van der Waals surface area contributed by atoms with Crippen LogP contribution in [0.15, 0.2) is 6.08 Å². The van der Waals surface area contributed by atoms with E-state index in [1.165, 1.54) is 13.2 Å². The molecule has 0 saturated carbocycles. The van der Waals surface area contributed by atoms with E-state index in [0.29, 0.717) is 22.1 Å². The first-order chi connectivity index (χ1) is 12.1. The summed E-state index contributed by atoms with van der Waals surface area (Å²) in [6.07, 6.45) is 1.13. The number of allylic oxidation sites excluding steroid dienone is 2. The van der Waals surface area contributed by atoms with Crippen LogP contribution in [0, 0.1) is 0 Å². The Morgan fingerprint density at radius 3 is 2.35 bits per heavy atom. The molecule has 6 nitrogen and oxygen atoms in total. The number of fused-ring (bicyclic) bond motifs is 2. The minimum Gasteiger partial charge on any atom is -0.507 e. The van der Waals surface area contributed by atoms with Crippen molar-refractivity contribution in [2.45, 2.75) is 39.2 Å². The molecular formula is C20H20O6. The summed E-state index contributed by atoms with van der Waals surface area (Å²) in [7, 11) is 1.31. The maximum Gasteiger partial charge on any atom is 0.202 e. The van der Waals surface area contributed by atoms with Gasteiger partial charge >= 0.3 is 0 Å². The molecule has 136 valence electrons. The number of carbonyl (C=O) groups excluding carboxylic acids is 1. The number of ether oxygens (including phenoxy) is 2. The molecule has 4 rings (SSSR count). The highest BCUT2D eigenvalue weighted by atomic mass is 16.5. The second-order valence-electron chi connectivity index (χ2n) is 7.46. The van der Waals surface area contributed by atoms with Crippen LogP contribution in [0.25, 0.3) is 16.3 Å². The van der Waals surface area contributed by atoms with Crippen molar-refractivity contribution in [3.05, 3.63) is 22.8 Å². The normalized spacial score (nSPS) is 20.0. The molecule has 0 amide bonds. The van der Waals surface area contributed by atoms with E-state index in [2.05, 4.69) is 0 Å². The van der Waals surface area contributed by atoms with Gasteiger partial charge in [-0.25, -0.2) is 0 Å². The van der Waals surface area contributed by atoms with Crippen LogP contribution in [-0.2, 0) is 5.41 Å². The van der Waals surface area contributed by atoms with Gasteiger partial charge in [0.05, 0.1) is 18.1 Å². The largest absolute Gasteiger partial charge is 0.507 e. The number of phenolic OH excluding ortho intramolecular Hbond substituents is 3. The lowest BCUT2D eigenvalue weighted by atomic mass is 9.76. The smallest absolute Gasteiger partial charge is 0.202 e. The summed E-state index contributed by atoms with van der Waals surface area (Å²) in [6.45, 7) is 7.48. The molecule has 2 aliphatic rings. The number of rotatable bonds is 1. The number of phenols is 3. The lowest BCUT2D eigenvalue weighted by Crippen LogP contribution is -2.29. The first-order valence-corrected chi connectivity index (χ1v) is 8.37. The summed E-state index contributed by atoms with van der Waals surface area (Å²) >= 11 is 0. The van der Waals surface area contributed by atoms with Crippen LogP contribution in [0.2, 0.25) is 0 Å². The average Bonchev–Trinajstić information content (AvgIpc) is 2.79. The Morgan fingerprint density at radius 2 is 1.73 bits per heavy atom. The highest BCUT2D eigenvalue weighted by molar-refractivity contribution is 6.26. The SMILES string of the molecule is COc1c(O)c(O)c2c3c(c(O)c4c2c1C(=O)C=C4C)C(C)(C)[C@@H](C)O3. The average molecular weight is 356 g/mol. The first kappa shape index (κ1) is 16.6. The predicted octanol–water partition coefficient (Wildman–Crippen LogP) is 3.62. The van der Waals surface area contributed by atoms with Crippen molar-refractivity contribution in [2.75, 3.05) is 7.11 Å². The summed E-state index contributed by atoms with van der Waals surface area (Å²) in [5, 5.41) is 32.8. The molecule has 0 saturated heterocycles. The molecule has 2 aromatic carbocycles. The van der Waals surface area contributed by atoms with Crippen molar-refractivity contribution in [3.63, 3.8) is 0 Å². The van der Waals surface area contributed by atoms with Crippen LogP contribution in [0.3, 0.4) is 0 Å². The summed E-state index contributed by atoms with van der Waals surface area (Å²) in [5.41, 5.74) is 1.18. The van der Waals surface area contributed by atoms with Crippen molar-refractivity contribution < 1.29 is 29.6 Å². The number of hydrogen-bond acceptors (Lipinski definition) is 6. The van der Waals surface area contributed by atoms with Gasteiger partial charge in [0.1, 0.15) is 17.6 Å². The minimum atomic E-state index is -0.520. The second-order valence-corrected chi connectivity index (χ2v) is 7.46. The Hall–Kier alpha value is -2.89. The van der Waals surface area contributed by atoms with Crippen molar-refractivity contribution in [1.29, 1.82) is 0 Å². The maximum atomic E-state index is 12.7. The Kier molecular flexibility index (Phi) is 3.09. The van der Waals surface area contributed by atoms with Gasteiger partial charge < -0.3 is 24.8 Å². The van der Waals surface area contributed by atoms with E-state index in [4.69, 9.17) is 9.47 Å². The first-order valence-electron chi connectivity index (χ1n) is 8.37. The minimum absolute atomic E-state index is 0.0245. The van der Waals surface area contributed by atoms with Gasteiger partial charge in [-0.15, -0.1) is 0 Å². The van der Waals surface area contributed by atoms with Gasteiger partial charge in [-0.05, 0) is 25.5 Å². The third-order valence-corrected chi connectivity index (χ3v) is 5.73. The molecule has 1 aliphatic heterocycles. The van der Waals surface area contributed by atoms with Crippen molar-refractivity contribution in [3.8, 4) is 28.7 Å². The van der Waals surface area contributed by atoms with E-state index in [9.17, 15) is 20.1 Å². The van der Waals surface area contributed by atoms with E-state index in [-0.39, 0.29) is 40.1 Å². The fourth-order valence-corrected chi connectivity index (χ4v) is 4.05. The van der Waals surface area contributed by atoms with Gasteiger partial charge in [0.2, 0.25) is 5.75 Å². The number of ketones is 1. The quantitative estimate of drug-likeness (QED) is 0.675. The van der Waals surface area contributed by atoms with Gasteiger partial charge in [0.25, 0.3) is 0 Å². The number of aromatic hydroxyl groups is 3. The number of methoxy groups -OCH3 is 1. The van der Waals surface area contributed by atoms with Crippen LogP contribution < -0.4 is 9.47 Å². The Labute approximate surface area is 150 Å². The van der Waals surface area contributed by atoms with Crippen LogP contribution in [-0.4, -0.2) is 34.3 Å². The monoisotopic (exact) mass is 356 g/mol. The predicted molar refractivity (Wildman–Crippen MR) is 96.6 cm³/mol. The summed E-state index contributed by atoms with van der Waals surface area (Å²) in [5.74, 6) is -1.11. The zero-order chi connectivity index (χ0) is 19.1. The van der Waals surface area contributed by atoms with Gasteiger partial charge in [-0.2, -0.15) is 0 Å². The molecule has 0 aromatic heterocycles. The molecule has 0 fully saturated rings. The van der Waals surface area contributed by atoms with Gasteiger partial charge in [0.15, 0.2) is 17.3 Å². The van der Waals surface area contributed by atoms with Gasteiger partial charge in [-0.3, -0.25) is 4.79 Å². The summed E-state index contributed by atoms with van der Waals surface area (Å²) in [6, 6.07) is 0. The molecule has 26 heavy (non-hydrogen) atoms. The van der Waals surface area contributed by atoms with E-state index in [1.54, 1.807) is 6.92 Å². The lowest BCUT2D eigenvalue weighted by molar-refractivity contribution is 0.104. The molecule has 6 heteroatoms. The van der Waals surface area contributed by atoms with Crippen LogP contribution >= 0.6 is 0 Å². The topological polar surface area (TPSA) is 96.2 Å². The summed E-state index contributed by atoms with van der Waals surface area (Å²) in [4.78, 5) is 12.7. The molecule has 2 aromatic rings. The Morgan fingerprint density at radius 1 is 1.08 bits per heavy atom. The zero-order valence-electron chi connectivity index (χ0n) is 15.2. The maximum absolute atomic E-state index is 12.7. The lowest BCUT2D eigenvalue weighted by Gasteiger charge is -2.26. The fraction of sp³-hybridized carbons (Fsp3) is 0.350. The molecule has 1 atom stereocenters. The van der Waals surface area contributed by atoms with Crippen molar-refractivity contribution >= 4 is 22.1 Å². The number of benzene rings is 2. The number of hydrogen-bond donors (Lipinski definition) is 3. The van der Waals surface area contributed by atoms with E-state index in [1.807, 2.05) is 20.8 Å². The zero-order valence-corrected chi connectivity index (χ0v) is 15.2.